The number of benzene rings is 1. The third kappa shape index (κ3) is 7.25. The van der Waals surface area contributed by atoms with Crippen LogP contribution in [0.2, 0.25) is 0 Å². The summed E-state index contributed by atoms with van der Waals surface area (Å²) >= 11 is 0. The lowest BCUT2D eigenvalue weighted by Gasteiger charge is -2.23. The smallest absolute Gasteiger partial charge is 0.191 e. The minimum absolute atomic E-state index is 0. The summed E-state index contributed by atoms with van der Waals surface area (Å²) in [6.45, 7) is 6.90. The maximum atomic E-state index is 5.62. The van der Waals surface area contributed by atoms with Gasteiger partial charge in [0.05, 0.1) is 6.10 Å². The quantitative estimate of drug-likeness (QED) is 0.279. The fourth-order valence-electron chi connectivity index (χ4n) is 2.82. The first kappa shape index (κ1) is 21.0. The zero-order chi connectivity index (χ0) is 16.3. The number of halogens is 1. The molecule has 0 bridgehead atoms. The van der Waals surface area contributed by atoms with Gasteiger partial charge in [-0.05, 0) is 38.3 Å². The Bertz CT molecular complexity index is 463. The third-order valence-electron chi connectivity index (χ3n) is 4.15. The van der Waals surface area contributed by atoms with Crippen LogP contribution in [0.3, 0.4) is 0 Å². The van der Waals surface area contributed by atoms with Gasteiger partial charge in [-0.1, -0.05) is 18.2 Å². The first-order valence-corrected chi connectivity index (χ1v) is 8.69. The number of nitrogens with zero attached hydrogens (tertiary/aromatic N) is 2. The molecule has 1 unspecified atom stereocenters. The molecule has 1 aliphatic heterocycles. The van der Waals surface area contributed by atoms with E-state index in [-0.39, 0.29) is 24.0 Å². The van der Waals surface area contributed by atoms with E-state index in [9.17, 15) is 0 Å². The summed E-state index contributed by atoms with van der Waals surface area (Å²) in [5.74, 6) is 0.864. The average molecular weight is 446 g/mol. The molecule has 1 heterocycles. The zero-order valence-corrected chi connectivity index (χ0v) is 17.2. The van der Waals surface area contributed by atoms with Crippen LogP contribution in [0.25, 0.3) is 0 Å². The van der Waals surface area contributed by atoms with Crippen molar-refractivity contribution in [3.8, 4) is 0 Å². The van der Waals surface area contributed by atoms with Gasteiger partial charge in [-0.3, -0.25) is 4.99 Å². The lowest BCUT2D eigenvalue weighted by molar-refractivity contribution is 0.114. The van der Waals surface area contributed by atoms with Gasteiger partial charge in [0.1, 0.15) is 0 Å². The van der Waals surface area contributed by atoms with E-state index in [0.29, 0.717) is 6.10 Å². The van der Waals surface area contributed by atoms with Gasteiger partial charge in [0, 0.05) is 45.5 Å². The molecule has 2 N–H and O–H groups in total. The van der Waals surface area contributed by atoms with E-state index >= 15 is 0 Å². The highest BCUT2D eigenvalue weighted by atomic mass is 127. The topological polar surface area (TPSA) is 48.9 Å². The fraction of sp³-hybridized carbons (Fsp3) is 0.611. The minimum atomic E-state index is 0. The van der Waals surface area contributed by atoms with E-state index in [0.717, 1.165) is 51.6 Å². The summed E-state index contributed by atoms with van der Waals surface area (Å²) in [7, 11) is 1.81. The van der Waals surface area contributed by atoms with Crippen LogP contribution in [0, 0.1) is 0 Å². The van der Waals surface area contributed by atoms with Crippen LogP contribution in [0.4, 0.5) is 5.69 Å². The highest BCUT2D eigenvalue weighted by Crippen LogP contribution is 2.12. The fourth-order valence-corrected chi connectivity index (χ4v) is 2.82. The lowest BCUT2D eigenvalue weighted by Crippen LogP contribution is -2.42. The summed E-state index contributed by atoms with van der Waals surface area (Å²) in [4.78, 5) is 6.66. The van der Waals surface area contributed by atoms with Crippen molar-refractivity contribution in [1.82, 2.24) is 10.6 Å². The summed E-state index contributed by atoms with van der Waals surface area (Å²) in [6, 6.07) is 10.6. The summed E-state index contributed by atoms with van der Waals surface area (Å²) in [5, 5.41) is 6.73. The molecule has 5 nitrogen and oxygen atoms in total. The first-order valence-electron chi connectivity index (χ1n) is 8.69. The molecule has 136 valence electrons. The number of aliphatic imine (C=N–C) groups is 1. The largest absolute Gasteiger partial charge is 0.376 e. The van der Waals surface area contributed by atoms with E-state index in [4.69, 9.17) is 4.74 Å². The summed E-state index contributed by atoms with van der Waals surface area (Å²) in [5.41, 5.74) is 1.29. The molecule has 0 aromatic heterocycles. The second-order valence-electron chi connectivity index (χ2n) is 5.78. The number of para-hydroxylation sites is 1. The third-order valence-corrected chi connectivity index (χ3v) is 4.15. The van der Waals surface area contributed by atoms with Crippen molar-refractivity contribution < 1.29 is 4.74 Å². The molecule has 2 rings (SSSR count). The predicted molar refractivity (Wildman–Crippen MR) is 113 cm³/mol. The average Bonchev–Trinajstić information content (AvgIpc) is 3.12. The Morgan fingerprint density at radius 2 is 2.08 bits per heavy atom. The minimum Gasteiger partial charge on any atom is -0.376 e. The Kier molecular flexibility index (Phi) is 10.8. The molecule has 1 aliphatic rings. The van der Waals surface area contributed by atoms with Gasteiger partial charge in [0.2, 0.25) is 0 Å². The van der Waals surface area contributed by atoms with E-state index in [1.54, 1.807) is 0 Å². The van der Waals surface area contributed by atoms with Crippen molar-refractivity contribution in [2.24, 2.45) is 4.99 Å². The van der Waals surface area contributed by atoms with Crippen LogP contribution >= 0.6 is 24.0 Å². The van der Waals surface area contributed by atoms with Crippen LogP contribution < -0.4 is 15.5 Å². The van der Waals surface area contributed by atoms with Crippen molar-refractivity contribution in [1.29, 1.82) is 0 Å². The Morgan fingerprint density at radius 3 is 2.71 bits per heavy atom. The number of nitrogens with one attached hydrogen (secondary N) is 2. The van der Waals surface area contributed by atoms with Crippen LogP contribution in [-0.2, 0) is 4.74 Å². The number of guanidine groups is 1. The maximum absolute atomic E-state index is 5.62. The maximum Gasteiger partial charge on any atom is 0.191 e. The molecule has 0 spiro atoms. The normalized spacial score (nSPS) is 17.2. The summed E-state index contributed by atoms with van der Waals surface area (Å²) in [6.07, 6.45) is 3.72. The molecule has 1 fully saturated rings. The van der Waals surface area contributed by atoms with Crippen molar-refractivity contribution in [2.75, 3.05) is 44.7 Å². The van der Waals surface area contributed by atoms with Crippen molar-refractivity contribution in [3.63, 3.8) is 0 Å². The van der Waals surface area contributed by atoms with Gasteiger partial charge in [-0.15, -0.1) is 24.0 Å². The Hall–Kier alpha value is -1.02. The second-order valence-corrected chi connectivity index (χ2v) is 5.78. The number of hydrogen-bond acceptors (Lipinski definition) is 3. The molecule has 1 saturated heterocycles. The van der Waals surface area contributed by atoms with Crippen LogP contribution in [0.5, 0.6) is 0 Å². The second kappa shape index (κ2) is 12.4. The van der Waals surface area contributed by atoms with Gasteiger partial charge >= 0.3 is 0 Å². The van der Waals surface area contributed by atoms with Crippen LogP contribution in [-0.4, -0.2) is 51.9 Å². The van der Waals surface area contributed by atoms with Gasteiger partial charge in [-0.2, -0.15) is 0 Å². The highest BCUT2D eigenvalue weighted by molar-refractivity contribution is 14.0. The lowest BCUT2D eigenvalue weighted by atomic mass is 10.2. The van der Waals surface area contributed by atoms with Gasteiger partial charge in [-0.25, -0.2) is 0 Å². The van der Waals surface area contributed by atoms with E-state index in [2.05, 4.69) is 57.8 Å². The molecule has 0 aliphatic carbocycles. The molecule has 0 saturated carbocycles. The SMILES string of the molecule is CCN(CCCNC(=NC)NCC1CCCO1)c1ccccc1.I. The van der Waals surface area contributed by atoms with Crippen LogP contribution in [0.15, 0.2) is 35.3 Å². The predicted octanol–water partition coefficient (Wildman–Crippen LogP) is 2.87. The highest BCUT2D eigenvalue weighted by Gasteiger charge is 2.15. The standard InChI is InChI=1S/C18H30N4O.HI/c1-3-22(16-9-5-4-6-10-16)13-8-12-20-18(19-2)21-15-17-11-7-14-23-17;/h4-6,9-10,17H,3,7-8,11-15H2,1-2H3,(H2,19,20,21);1H. The van der Waals surface area contributed by atoms with Gasteiger partial charge in [0.15, 0.2) is 5.96 Å². The molecule has 0 radical (unpaired) electrons. The van der Waals surface area contributed by atoms with Gasteiger partial charge < -0.3 is 20.3 Å². The number of hydrogen-bond donors (Lipinski definition) is 2. The van der Waals surface area contributed by atoms with E-state index in [1.807, 2.05) is 7.05 Å². The Balaban J connectivity index is 0.00000288. The van der Waals surface area contributed by atoms with E-state index < -0.39 is 0 Å². The molecule has 1 aromatic carbocycles. The zero-order valence-electron chi connectivity index (χ0n) is 14.8. The van der Waals surface area contributed by atoms with Crippen LogP contribution in [0.1, 0.15) is 26.2 Å². The summed E-state index contributed by atoms with van der Waals surface area (Å²) < 4.78 is 5.62. The molecule has 6 heteroatoms. The Morgan fingerprint density at radius 1 is 1.29 bits per heavy atom. The Labute approximate surface area is 163 Å². The van der Waals surface area contributed by atoms with Crippen molar-refractivity contribution >= 4 is 35.6 Å². The molecule has 0 amide bonds. The molecule has 1 atom stereocenters. The van der Waals surface area contributed by atoms with Crippen molar-refractivity contribution in [3.05, 3.63) is 30.3 Å². The van der Waals surface area contributed by atoms with E-state index in [1.165, 1.54) is 12.1 Å². The van der Waals surface area contributed by atoms with Gasteiger partial charge in [0.25, 0.3) is 0 Å². The number of anilines is 1. The first-order chi connectivity index (χ1) is 11.3. The number of rotatable bonds is 8. The van der Waals surface area contributed by atoms with Crippen molar-refractivity contribution in [2.45, 2.75) is 32.3 Å². The molecule has 1 aromatic rings. The molecular formula is C18H31IN4O. The molecular weight excluding hydrogens is 415 g/mol. The number of ether oxygens (including phenoxy) is 1. The monoisotopic (exact) mass is 446 g/mol. The molecule has 24 heavy (non-hydrogen) atoms.